The third kappa shape index (κ3) is 5.50. The maximum absolute atomic E-state index is 12.2. The fourth-order valence-corrected chi connectivity index (χ4v) is 3.18. The third-order valence-electron chi connectivity index (χ3n) is 2.63. The number of primary amides is 2. The lowest BCUT2D eigenvalue weighted by molar-refractivity contribution is -0.120. The molecule has 2 amide bonds. The summed E-state index contributed by atoms with van der Waals surface area (Å²) in [6, 6.07) is 6.70. The summed E-state index contributed by atoms with van der Waals surface area (Å²) < 4.78 is 25.2. The Morgan fingerprint density at radius 1 is 1.05 bits per heavy atom. The van der Waals surface area contributed by atoms with Crippen LogP contribution in [0.3, 0.4) is 0 Å². The second-order valence-electron chi connectivity index (χ2n) is 4.48. The molecule has 0 aliphatic carbocycles. The Hall–Kier alpha value is -1.97. The minimum Gasteiger partial charge on any atom is -0.369 e. The number of nitrogens with zero attached hydrogens (tertiary/aromatic N) is 1. The zero-order chi connectivity index (χ0) is 16.0. The highest BCUT2D eigenvalue weighted by molar-refractivity contribution is 7.88. The largest absolute Gasteiger partial charge is 0.369 e. The topological polar surface area (TPSA) is 150 Å². The number of amides is 2. The fraction of sp³-hybridized carbons (Fsp3) is 0.333. The van der Waals surface area contributed by atoms with Gasteiger partial charge in [-0.05, 0) is 11.1 Å². The van der Waals surface area contributed by atoms with E-state index in [1.807, 2.05) is 0 Å². The molecule has 0 aliphatic heterocycles. The standard InChI is InChI=1S/C12H18N4O4S/c13-5-9-2-1-3-10(4-9)8-21(19,20)16(6-11(14)17)7-12(15)18/h1-4H,5-8,13H2,(H2,14,17)(H2,15,18). The van der Waals surface area contributed by atoms with Crippen LogP contribution in [0.25, 0.3) is 0 Å². The number of hydrogen-bond acceptors (Lipinski definition) is 5. The van der Waals surface area contributed by atoms with Gasteiger partial charge in [-0.3, -0.25) is 9.59 Å². The second kappa shape index (κ2) is 7.16. The Balaban J connectivity index is 2.99. The molecular formula is C12H18N4O4S. The SMILES string of the molecule is NCc1cccc(CS(=O)(=O)N(CC(N)=O)CC(N)=O)c1. The van der Waals surface area contributed by atoms with Gasteiger partial charge in [0, 0.05) is 6.54 Å². The van der Waals surface area contributed by atoms with Crippen molar-refractivity contribution in [1.29, 1.82) is 0 Å². The number of nitrogens with two attached hydrogens (primary N) is 3. The van der Waals surface area contributed by atoms with Gasteiger partial charge in [0.25, 0.3) is 0 Å². The van der Waals surface area contributed by atoms with Crippen molar-refractivity contribution in [3.8, 4) is 0 Å². The molecule has 0 radical (unpaired) electrons. The van der Waals surface area contributed by atoms with Crippen molar-refractivity contribution in [2.75, 3.05) is 13.1 Å². The number of carbonyl (C=O) groups is 2. The van der Waals surface area contributed by atoms with E-state index in [1.54, 1.807) is 24.3 Å². The summed E-state index contributed by atoms with van der Waals surface area (Å²) in [6.45, 7) is -0.913. The van der Waals surface area contributed by atoms with Gasteiger partial charge in [-0.25, -0.2) is 8.42 Å². The number of hydrogen-bond donors (Lipinski definition) is 3. The van der Waals surface area contributed by atoms with E-state index >= 15 is 0 Å². The van der Waals surface area contributed by atoms with Crippen LogP contribution in [-0.4, -0.2) is 37.6 Å². The van der Waals surface area contributed by atoms with Gasteiger partial charge in [-0.1, -0.05) is 24.3 Å². The van der Waals surface area contributed by atoms with Crippen LogP contribution in [0.5, 0.6) is 0 Å². The molecule has 0 fully saturated rings. The Morgan fingerprint density at radius 3 is 2.05 bits per heavy atom. The average Bonchev–Trinajstić information content (AvgIpc) is 2.36. The zero-order valence-electron chi connectivity index (χ0n) is 11.4. The maximum Gasteiger partial charge on any atom is 0.232 e. The van der Waals surface area contributed by atoms with Gasteiger partial charge >= 0.3 is 0 Å². The number of benzene rings is 1. The third-order valence-corrected chi connectivity index (χ3v) is 4.38. The first kappa shape index (κ1) is 17.1. The Labute approximate surface area is 122 Å². The predicted octanol–water partition coefficient (Wildman–Crippen LogP) is -1.75. The van der Waals surface area contributed by atoms with Crippen LogP contribution in [0.4, 0.5) is 0 Å². The lowest BCUT2D eigenvalue weighted by Gasteiger charge is -2.19. The van der Waals surface area contributed by atoms with Crippen LogP contribution in [-0.2, 0) is 31.9 Å². The smallest absolute Gasteiger partial charge is 0.232 e. The van der Waals surface area contributed by atoms with E-state index < -0.39 is 34.9 Å². The first-order valence-corrected chi connectivity index (χ1v) is 7.68. The molecule has 1 aromatic carbocycles. The van der Waals surface area contributed by atoms with Gasteiger partial charge in [-0.2, -0.15) is 4.31 Å². The van der Waals surface area contributed by atoms with Crippen LogP contribution in [0.2, 0.25) is 0 Å². The number of carbonyl (C=O) groups excluding carboxylic acids is 2. The molecule has 0 aromatic heterocycles. The van der Waals surface area contributed by atoms with E-state index in [-0.39, 0.29) is 12.3 Å². The van der Waals surface area contributed by atoms with E-state index in [9.17, 15) is 18.0 Å². The molecule has 0 heterocycles. The van der Waals surface area contributed by atoms with Crippen LogP contribution in [0.1, 0.15) is 11.1 Å². The van der Waals surface area contributed by atoms with E-state index in [0.29, 0.717) is 9.87 Å². The molecule has 21 heavy (non-hydrogen) atoms. The highest BCUT2D eigenvalue weighted by Gasteiger charge is 2.25. The van der Waals surface area contributed by atoms with E-state index in [1.165, 1.54) is 0 Å². The second-order valence-corrected chi connectivity index (χ2v) is 6.45. The van der Waals surface area contributed by atoms with E-state index in [0.717, 1.165) is 5.56 Å². The van der Waals surface area contributed by atoms with Crippen molar-refractivity contribution in [2.24, 2.45) is 17.2 Å². The Morgan fingerprint density at radius 2 is 1.57 bits per heavy atom. The van der Waals surface area contributed by atoms with Gasteiger partial charge in [-0.15, -0.1) is 0 Å². The summed E-state index contributed by atoms with van der Waals surface area (Å²) in [5, 5.41) is 0. The zero-order valence-corrected chi connectivity index (χ0v) is 12.2. The predicted molar refractivity (Wildman–Crippen MR) is 76.9 cm³/mol. The van der Waals surface area contributed by atoms with Crippen molar-refractivity contribution >= 4 is 21.8 Å². The highest BCUT2D eigenvalue weighted by atomic mass is 32.2. The van der Waals surface area contributed by atoms with Gasteiger partial charge in [0.2, 0.25) is 21.8 Å². The maximum atomic E-state index is 12.2. The molecule has 0 saturated carbocycles. The number of rotatable bonds is 8. The average molecular weight is 314 g/mol. The van der Waals surface area contributed by atoms with Crippen LogP contribution < -0.4 is 17.2 Å². The molecule has 0 unspecified atom stereocenters. The summed E-state index contributed by atoms with van der Waals surface area (Å²) in [5.74, 6) is -2.10. The lowest BCUT2D eigenvalue weighted by Crippen LogP contribution is -2.43. The van der Waals surface area contributed by atoms with E-state index in [2.05, 4.69) is 0 Å². The molecule has 6 N–H and O–H groups in total. The molecule has 1 aromatic rings. The molecule has 1 rings (SSSR count). The molecule has 0 spiro atoms. The fourth-order valence-electron chi connectivity index (χ4n) is 1.75. The molecule has 0 atom stereocenters. The summed E-state index contributed by atoms with van der Waals surface area (Å²) in [5.41, 5.74) is 16.7. The minimum atomic E-state index is -3.90. The quantitative estimate of drug-likeness (QED) is 0.520. The van der Waals surface area contributed by atoms with Crippen LogP contribution >= 0.6 is 0 Å². The molecule has 0 bridgehead atoms. The molecule has 8 nitrogen and oxygen atoms in total. The Kier molecular flexibility index (Phi) is 5.82. The summed E-state index contributed by atoms with van der Waals surface area (Å²) >= 11 is 0. The van der Waals surface area contributed by atoms with Gasteiger partial charge in [0.1, 0.15) is 0 Å². The lowest BCUT2D eigenvalue weighted by atomic mass is 10.1. The van der Waals surface area contributed by atoms with Gasteiger partial charge in [0.15, 0.2) is 0 Å². The first-order chi connectivity index (χ1) is 9.74. The van der Waals surface area contributed by atoms with Crippen molar-refractivity contribution in [3.63, 3.8) is 0 Å². The normalized spacial score (nSPS) is 11.5. The van der Waals surface area contributed by atoms with Crippen molar-refractivity contribution < 1.29 is 18.0 Å². The summed E-state index contributed by atoms with van der Waals surface area (Å²) in [6.07, 6.45) is 0. The van der Waals surface area contributed by atoms with Crippen molar-refractivity contribution in [2.45, 2.75) is 12.3 Å². The van der Waals surface area contributed by atoms with Gasteiger partial charge in [0.05, 0.1) is 18.8 Å². The Bertz CT molecular complexity index is 614. The first-order valence-electron chi connectivity index (χ1n) is 6.07. The molecule has 0 aliphatic rings. The molecule has 9 heteroatoms. The minimum absolute atomic E-state index is 0.278. The van der Waals surface area contributed by atoms with Crippen molar-refractivity contribution in [3.05, 3.63) is 35.4 Å². The summed E-state index contributed by atoms with van der Waals surface area (Å²) in [4.78, 5) is 21.9. The molecule has 0 saturated heterocycles. The molecule has 116 valence electrons. The molecular weight excluding hydrogens is 296 g/mol. The number of sulfonamides is 1. The monoisotopic (exact) mass is 314 g/mol. The van der Waals surface area contributed by atoms with Gasteiger partial charge < -0.3 is 17.2 Å². The van der Waals surface area contributed by atoms with Crippen LogP contribution in [0.15, 0.2) is 24.3 Å². The van der Waals surface area contributed by atoms with Crippen molar-refractivity contribution in [1.82, 2.24) is 4.31 Å². The highest BCUT2D eigenvalue weighted by Crippen LogP contribution is 2.12. The van der Waals surface area contributed by atoms with Crippen LogP contribution in [0, 0.1) is 0 Å². The van der Waals surface area contributed by atoms with E-state index in [4.69, 9.17) is 17.2 Å². The summed E-state index contributed by atoms with van der Waals surface area (Å²) in [7, 11) is -3.90.